The fourth-order valence-corrected chi connectivity index (χ4v) is 5.68. The van der Waals surface area contributed by atoms with E-state index in [4.69, 9.17) is 9.47 Å². The number of ether oxygens (including phenoxy) is 2. The van der Waals surface area contributed by atoms with Crippen molar-refractivity contribution in [2.24, 2.45) is 4.99 Å². The maximum atomic E-state index is 12.6. The topological polar surface area (TPSA) is 59.9 Å². The molecule has 4 aromatic rings. The minimum Gasteiger partial charge on any atom is -0.490 e. The van der Waals surface area contributed by atoms with Crippen LogP contribution in [0.2, 0.25) is 0 Å². The monoisotopic (exact) mass is 684 g/mol. The van der Waals surface area contributed by atoms with Crippen LogP contribution in [0.25, 0.3) is 16.8 Å². The van der Waals surface area contributed by atoms with Crippen LogP contribution >= 0.6 is 50.3 Å². The number of benzene rings is 4. The fourth-order valence-electron chi connectivity index (χ4n) is 3.91. The zero-order valence-electron chi connectivity index (χ0n) is 19.8. The summed E-state index contributed by atoms with van der Waals surface area (Å²) in [7, 11) is 0. The largest absolute Gasteiger partial charge is 0.490 e. The molecule has 0 unspecified atom stereocenters. The molecule has 0 atom stereocenters. The molecule has 1 heterocycles. The number of carbonyl (C=O) groups excluding carboxylic acids is 1. The Hall–Kier alpha value is -2.82. The van der Waals surface area contributed by atoms with E-state index in [1.807, 2.05) is 67.6 Å². The molecule has 37 heavy (non-hydrogen) atoms. The van der Waals surface area contributed by atoms with Crippen molar-refractivity contribution < 1.29 is 14.3 Å². The number of nitrogens with one attached hydrogen (secondary N) is 1. The summed E-state index contributed by atoms with van der Waals surface area (Å²) in [6.45, 7) is 2.82. The molecule has 1 amide bonds. The predicted molar refractivity (Wildman–Crippen MR) is 164 cm³/mol. The lowest BCUT2D eigenvalue weighted by molar-refractivity contribution is -0.115. The number of halogens is 2. The van der Waals surface area contributed by atoms with Crippen LogP contribution in [0.5, 0.6) is 11.5 Å². The molecule has 5 nitrogen and oxygen atoms in total. The molecule has 5 rings (SSSR count). The van der Waals surface area contributed by atoms with Crippen LogP contribution in [0.1, 0.15) is 18.1 Å². The van der Waals surface area contributed by atoms with E-state index in [9.17, 15) is 4.79 Å². The second kappa shape index (κ2) is 11.7. The lowest BCUT2D eigenvalue weighted by atomic mass is 10.1. The van der Waals surface area contributed by atoms with Crippen LogP contribution in [-0.4, -0.2) is 17.7 Å². The Morgan fingerprint density at radius 1 is 1.03 bits per heavy atom. The maximum absolute atomic E-state index is 12.6. The van der Waals surface area contributed by atoms with Gasteiger partial charge in [0, 0.05) is 3.57 Å². The van der Waals surface area contributed by atoms with Crippen molar-refractivity contribution >= 4 is 83.9 Å². The number of carbonyl (C=O) groups is 1. The highest BCUT2D eigenvalue weighted by molar-refractivity contribution is 14.1. The van der Waals surface area contributed by atoms with Gasteiger partial charge >= 0.3 is 0 Å². The maximum Gasteiger partial charge on any atom is 0.264 e. The third-order valence-electron chi connectivity index (χ3n) is 5.59. The molecule has 1 N–H and O–H groups in total. The Balaban J connectivity index is 1.38. The molecule has 8 heteroatoms. The zero-order valence-corrected chi connectivity index (χ0v) is 24.4. The first-order valence-electron chi connectivity index (χ1n) is 11.6. The highest BCUT2D eigenvalue weighted by Crippen LogP contribution is 2.39. The number of hydrogen-bond donors (Lipinski definition) is 1. The van der Waals surface area contributed by atoms with E-state index in [-0.39, 0.29) is 5.91 Å². The standard InChI is InChI=1S/C29H22BrIN2O3S/c1-2-35-25-15-18(16-26-28(34)33-29(37-26)32-22-12-10-21(31)11-13-22)14-24(30)27(25)36-17-20-8-5-7-19-6-3-4-9-23(19)20/h3-16H,2,17H2,1H3,(H,32,33,34)/b26-16+. The summed E-state index contributed by atoms with van der Waals surface area (Å²) in [5.41, 5.74) is 2.71. The summed E-state index contributed by atoms with van der Waals surface area (Å²) in [6.07, 6.45) is 1.83. The first-order chi connectivity index (χ1) is 18.0. The third kappa shape index (κ3) is 6.19. The Morgan fingerprint density at radius 3 is 2.62 bits per heavy atom. The van der Waals surface area contributed by atoms with Gasteiger partial charge in [-0.3, -0.25) is 4.79 Å². The molecule has 4 aromatic carbocycles. The van der Waals surface area contributed by atoms with Crippen LogP contribution in [-0.2, 0) is 11.4 Å². The number of hydrogen-bond acceptors (Lipinski definition) is 5. The highest BCUT2D eigenvalue weighted by Gasteiger charge is 2.24. The zero-order chi connectivity index (χ0) is 25.8. The van der Waals surface area contributed by atoms with Gasteiger partial charge in [-0.1, -0.05) is 42.5 Å². The van der Waals surface area contributed by atoms with Gasteiger partial charge < -0.3 is 14.8 Å². The minimum atomic E-state index is -0.181. The van der Waals surface area contributed by atoms with Crippen molar-refractivity contribution in [1.82, 2.24) is 5.32 Å². The molecule has 186 valence electrons. The highest BCUT2D eigenvalue weighted by atomic mass is 127. The molecule has 0 aliphatic carbocycles. The first-order valence-corrected chi connectivity index (χ1v) is 14.3. The average molecular weight is 685 g/mol. The number of rotatable bonds is 7. The molecule has 0 bridgehead atoms. The molecular weight excluding hydrogens is 663 g/mol. The van der Waals surface area contributed by atoms with Crippen molar-refractivity contribution in [3.8, 4) is 11.5 Å². The number of aliphatic imine (C=N–C) groups is 1. The van der Waals surface area contributed by atoms with E-state index in [1.165, 1.54) is 17.1 Å². The van der Waals surface area contributed by atoms with Crippen LogP contribution in [0.3, 0.4) is 0 Å². The summed E-state index contributed by atoms with van der Waals surface area (Å²) >= 11 is 7.21. The Morgan fingerprint density at radius 2 is 1.81 bits per heavy atom. The molecule has 1 aliphatic rings. The van der Waals surface area contributed by atoms with E-state index in [0.717, 1.165) is 30.2 Å². The van der Waals surface area contributed by atoms with Crippen molar-refractivity contribution in [2.75, 3.05) is 6.61 Å². The Bertz CT molecular complexity index is 1530. The summed E-state index contributed by atoms with van der Waals surface area (Å²) < 4.78 is 14.1. The molecule has 1 aliphatic heterocycles. The van der Waals surface area contributed by atoms with E-state index in [0.29, 0.717) is 34.8 Å². The molecule has 0 aromatic heterocycles. The SMILES string of the molecule is CCOc1cc(/C=C2/SC(=Nc3ccc(I)cc3)NC2=O)cc(Br)c1OCc1cccc2ccccc12. The van der Waals surface area contributed by atoms with Gasteiger partial charge in [0.25, 0.3) is 5.91 Å². The molecular formula is C29H22BrIN2O3S. The van der Waals surface area contributed by atoms with Gasteiger partial charge in [-0.05, 0) is 122 Å². The van der Waals surface area contributed by atoms with E-state index in [2.05, 4.69) is 73.1 Å². The number of amidine groups is 1. The quantitative estimate of drug-likeness (QED) is 0.158. The second-order valence-electron chi connectivity index (χ2n) is 8.15. The number of thioether (sulfide) groups is 1. The van der Waals surface area contributed by atoms with Crippen molar-refractivity contribution in [2.45, 2.75) is 13.5 Å². The average Bonchev–Trinajstić information content (AvgIpc) is 3.23. The number of fused-ring (bicyclic) bond motifs is 1. The third-order valence-corrected chi connectivity index (χ3v) is 7.81. The van der Waals surface area contributed by atoms with Gasteiger partial charge in [-0.15, -0.1) is 0 Å². The van der Waals surface area contributed by atoms with Crippen LogP contribution in [0.4, 0.5) is 5.69 Å². The van der Waals surface area contributed by atoms with Crippen LogP contribution < -0.4 is 14.8 Å². The van der Waals surface area contributed by atoms with E-state index >= 15 is 0 Å². The number of nitrogens with zero attached hydrogens (tertiary/aromatic N) is 1. The van der Waals surface area contributed by atoms with E-state index < -0.39 is 0 Å². The van der Waals surface area contributed by atoms with Gasteiger partial charge in [0.1, 0.15) is 6.61 Å². The molecule has 0 spiro atoms. The van der Waals surface area contributed by atoms with Gasteiger partial charge in [-0.25, -0.2) is 4.99 Å². The van der Waals surface area contributed by atoms with Crippen molar-refractivity contribution in [3.63, 3.8) is 0 Å². The summed E-state index contributed by atoms with van der Waals surface area (Å²) in [6, 6.07) is 26.1. The lowest BCUT2D eigenvalue weighted by Gasteiger charge is -2.15. The minimum absolute atomic E-state index is 0.181. The molecule has 0 radical (unpaired) electrons. The molecule has 0 saturated carbocycles. The Labute approximate surface area is 241 Å². The van der Waals surface area contributed by atoms with Crippen LogP contribution in [0.15, 0.2) is 93.2 Å². The fraction of sp³-hybridized carbons (Fsp3) is 0.103. The Kier molecular flexibility index (Phi) is 8.17. The molecule has 1 fully saturated rings. The smallest absolute Gasteiger partial charge is 0.264 e. The normalized spacial score (nSPS) is 15.4. The summed E-state index contributed by atoms with van der Waals surface area (Å²) in [5, 5.41) is 5.73. The second-order valence-corrected chi connectivity index (χ2v) is 11.3. The predicted octanol–water partition coefficient (Wildman–Crippen LogP) is 8.08. The van der Waals surface area contributed by atoms with E-state index in [1.54, 1.807) is 0 Å². The summed E-state index contributed by atoms with van der Waals surface area (Å²) in [4.78, 5) is 17.7. The van der Waals surface area contributed by atoms with Gasteiger partial charge in [-0.2, -0.15) is 0 Å². The lowest BCUT2D eigenvalue weighted by Crippen LogP contribution is -2.19. The number of amides is 1. The van der Waals surface area contributed by atoms with Crippen molar-refractivity contribution in [3.05, 3.63) is 103 Å². The molecule has 1 saturated heterocycles. The van der Waals surface area contributed by atoms with Crippen LogP contribution in [0, 0.1) is 3.57 Å². The van der Waals surface area contributed by atoms with Gasteiger partial charge in [0.15, 0.2) is 16.7 Å². The first kappa shape index (κ1) is 25.8. The summed E-state index contributed by atoms with van der Waals surface area (Å²) in [5.74, 6) is 1.06. The van der Waals surface area contributed by atoms with Gasteiger partial charge in [0.2, 0.25) is 0 Å². The van der Waals surface area contributed by atoms with Gasteiger partial charge in [0.05, 0.1) is 21.7 Å². The van der Waals surface area contributed by atoms with Crippen molar-refractivity contribution in [1.29, 1.82) is 0 Å².